The lowest BCUT2D eigenvalue weighted by Gasteiger charge is -2.26. The van der Waals surface area contributed by atoms with Gasteiger partial charge in [-0.15, -0.1) is 0 Å². The minimum absolute atomic E-state index is 0.117. The van der Waals surface area contributed by atoms with Crippen LogP contribution in [0, 0.1) is 0 Å². The summed E-state index contributed by atoms with van der Waals surface area (Å²) in [4.78, 5) is 4.49. The molecular formula is C40H32N2O4. The predicted octanol–water partition coefficient (Wildman–Crippen LogP) is 9.76. The lowest BCUT2D eigenvalue weighted by molar-refractivity contribution is 0.179. The summed E-state index contributed by atoms with van der Waals surface area (Å²) in [6, 6.07) is 54.5. The molecule has 0 amide bonds. The summed E-state index contributed by atoms with van der Waals surface area (Å²) < 4.78 is 22.0. The maximum absolute atomic E-state index is 5.78. The van der Waals surface area contributed by atoms with Gasteiger partial charge in [-0.05, 0) is 108 Å². The monoisotopic (exact) mass is 604 g/mol. The van der Waals surface area contributed by atoms with Gasteiger partial charge in [0.2, 0.25) is 12.6 Å². The molecule has 0 saturated carbocycles. The Morgan fingerprint density at radius 3 is 0.957 bits per heavy atom. The highest BCUT2D eigenvalue weighted by molar-refractivity contribution is 5.80. The van der Waals surface area contributed by atoms with Crippen LogP contribution in [0.4, 0.5) is 34.1 Å². The van der Waals surface area contributed by atoms with Gasteiger partial charge in [-0.3, -0.25) is 0 Å². The molecule has 2 atom stereocenters. The molecule has 0 aromatic heterocycles. The summed E-state index contributed by atoms with van der Waals surface area (Å²) in [6.45, 7) is 1.30. The van der Waals surface area contributed by atoms with Crippen molar-refractivity contribution in [3.8, 4) is 22.6 Å². The Kier molecular flexibility index (Phi) is 7.56. The minimum atomic E-state index is -0.117. The fourth-order valence-corrected chi connectivity index (χ4v) is 5.52. The molecule has 2 heterocycles. The lowest BCUT2D eigenvalue weighted by atomic mass is 10.0. The van der Waals surface area contributed by atoms with E-state index >= 15 is 0 Å². The Morgan fingerprint density at radius 1 is 0.370 bits per heavy atom. The van der Waals surface area contributed by atoms with E-state index in [0.717, 1.165) is 56.8 Å². The molecule has 0 radical (unpaired) electrons. The number of anilines is 6. The summed E-state index contributed by atoms with van der Waals surface area (Å²) in [5, 5.41) is 0. The van der Waals surface area contributed by atoms with Crippen LogP contribution in [0.1, 0.15) is 0 Å². The summed E-state index contributed by atoms with van der Waals surface area (Å²) in [7, 11) is 0. The standard InChI is InChI=1S/C40H32N2O4/c1-3-7-31(8-4-1)41(35-19-23-37(24-20-35)45-39-27-43-39)33-15-11-29(12-16-33)30-13-17-34(18-14-30)42(32-9-5-2-6-10-32)36-21-25-38(26-22-36)46-40-28-44-40/h1-26,39-40H,27-28H2. The van der Waals surface area contributed by atoms with Crippen LogP contribution in [0.15, 0.2) is 158 Å². The Bertz CT molecular complexity index is 1730. The van der Waals surface area contributed by atoms with Crippen LogP contribution in [0.25, 0.3) is 11.1 Å². The number of hydrogen-bond acceptors (Lipinski definition) is 6. The Morgan fingerprint density at radius 2 is 0.652 bits per heavy atom. The summed E-state index contributed by atoms with van der Waals surface area (Å²) in [5.41, 5.74) is 8.70. The zero-order valence-electron chi connectivity index (χ0n) is 25.1. The number of para-hydroxylation sites is 2. The van der Waals surface area contributed by atoms with E-state index in [1.165, 1.54) is 0 Å². The number of nitrogens with zero attached hydrogens (tertiary/aromatic N) is 2. The molecule has 0 spiro atoms. The second-order valence-electron chi connectivity index (χ2n) is 11.2. The zero-order chi connectivity index (χ0) is 30.7. The molecule has 0 aliphatic carbocycles. The van der Waals surface area contributed by atoms with Gasteiger partial charge in [0.25, 0.3) is 0 Å². The molecule has 2 saturated heterocycles. The largest absolute Gasteiger partial charge is 0.462 e. The summed E-state index contributed by atoms with van der Waals surface area (Å²) in [6.07, 6.45) is -0.235. The van der Waals surface area contributed by atoms with Crippen LogP contribution >= 0.6 is 0 Å². The molecule has 2 aliphatic heterocycles. The smallest absolute Gasteiger partial charge is 0.223 e. The molecule has 2 unspecified atom stereocenters. The van der Waals surface area contributed by atoms with E-state index in [4.69, 9.17) is 18.9 Å². The van der Waals surface area contributed by atoms with E-state index in [-0.39, 0.29) is 12.6 Å². The molecule has 2 fully saturated rings. The molecule has 0 bridgehead atoms. The number of ether oxygens (including phenoxy) is 4. The maximum atomic E-state index is 5.78. The molecule has 226 valence electrons. The van der Waals surface area contributed by atoms with E-state index < -0.39 is 0 Å². The Labute approximate surface area is 268 Å². The van der Waals surface area contributed by atoms with Gasteiger partial charge in [0.15, 0.2) is 0 Å². The fraction of sp³-hybridized carbons (Fsp3) is 0.100. The van der Waals surface area contributed by atoms with Crippen LogP contribution in [0.2, 0.25) is 0 Å². The highest BCUT2D eigenvalue weighted by Gasteiger charge is 2.25. The van der Waals surface area contributed by atoms with E-state index in [9.17, 15) is 0 Å². The van der Waals surface area contributed by atoms with Crippen molar-refractivity contribution < 1.29 is 18.9 Å². The molecule has 6 nitrogen and oxygen atoms in total. The predicted molar refractivity (Wildman–Crippen MR) is 182 cm³/mol. The summed E-state index contributed by atoms with van der Waals surface area (Å²) in [5.74, 6) is 1.61. The third-order valence-electron chi connectivity index (χ3n) is 7.94. The van der Waals surface area contributed by atoms with Crippen molar-refractivity contribution in [3.05, 3.63) is 158 Å². The lowest BCUT2D eigenvalue weighted by Crippen LogP contribution is -2.10. The van der Waals surface area contributed by atoms with E-state index in [1.807, 2.05) is 36.4 Å². The summed E-state index contributed by atoms with van der Waals surface area (Å²) >= 11 is 0. The first-order valence-electron chi connectivity index (χ1n) is 15.4. The second-order valence-corrected chi connectivity index (χ2v) is 11.2. The van der Waals surface area contributed by atoms with Crippen LogP contribution < -0.4 is 19.3 Å². The SMILES string of the molecule is c1ccc(N(c2ccc(OC3CO3)cc2)c2ccc(-c3ccc(N(c4ccccc4)c4ccc(OC5CO5)cc4)cc3)cc2)cc1. The highest BCUT2D eigenvalue weighted by atomic mass is 16.8. The molecule has 6 aromatic carbocycles. The first-order valence-corrected chi connectivity index (χ1v) is 15.4. The van der Waals surface area contributed by atoms with Crippen molar-refractivity contribution in [2.24, 2.45) is 0 Å². The Hall–Kier alpha value is -5.56. The molecule has 46 heavy (non-hydrogen) atoms. The van der Waals surface area contributed by atoms with Gasteiger partial charge in [-0.2, -0.15) is 0 Å². The molecule has 8 rings (SSSR count). The van der Waals surface area contributed by atoms with Crippen LogP contribution in [0.5, 0.6) is 11.5 Å². The third-order valence-corrected chi connectivity index (χ3v) is 7.94. The topological polar surface area (TPSA) is 50.0 Å². The number of benzene rings is 6. The van der Waals surface area contributed by atoms with Gasteiger partial charge in [-0.1, -0.05) is 60.7 Å². The van der Waals surface area contributed by atoms with E-state index in [2.05, 4.69) is 131 Å². The van der Waals surface area contributed by atoms with Crippen molar-refractivity contribution in [2.75, 3.05) is 23.0 Å². The van der Waals surface area contributed by atoms with Gasteiger partial charge in [0.05, 0.1) is 0 Å². The van der Waals surface area contributed by atoms with Gasteiger partial charge < -0.3 is 28.7 Å². The van der Waals surface area contributed by atoms with Crippen molar-refractivity contribution >= 4 is 34.1 Å². The van der Waals surface area contributed by atoms with Crippen molar-refractivity contribution in [1.82, 2.24) is 0 Å². The van der Waals surface area contributed by atoms with Gasteiger partial charge >= 0.3 is 0 Å². The van der Waals surface area contributed by atoms with Gasteiger partial charge in [-0.25, -0.2) is 0 Å². The molecule has 2 aliphatic rings. The average Bonchev–Trinajstić information content (AvgIpc) is 4.07. The molecule has 0 N–H and O–H groups in total. The first kappa shape index (κ1) is 28.0. The third kappa shape index (κ3) is 6.31. The Balaban J connectivity index is 1.06. The van der Waals surface area contributed by atoms with Crippen LogP contribution in [0.3, 0.4) is 0 Å². The van der Waals surface area contributed by atoms with Crippen molar-refractivity contribution in [3.63, 3.8) is 0 Å². The second kappa shape index (κ2) is 12.4. The van der Waals surface area contributed by atoms with Gasteiger partial charge in [0.1, 0.15) is 24.7 Å². The van der Waals surface area contributed by atoms with E-state index in [0.29, 0.717) is 13.2 Å². The molecule has 6 heteroatoms. The van der Waals surface area contributed by atoms with Crippen LogP contribution in [-0.2, 0) is 9.47 Å². The highest BCUT2D eigenvalue weighted by Crippen LogP contribution is 2.39. The van der Waals surface area contributed by atoms with E-state index in [1.54, 1.807) is 0 Å². The van der Waals surface area contributed by atoms with Crippen molar-refractivity contribution in [1.29, 1.82) is 0 Å². The number of epoxide rings is 2. The quantitative estimate of drug-likeness (QED) is 0.137. The zero-order valence-corrected chi connectivity index (χ0v) is 25.1. The molecular weight excluding hydrogens is 572 g/mol. The average molecular weight is 605 g/mol. The normalized spacial score (nSPS) is 16.3. The minimum Gasteiger partial charge on any atom is -0.462 e. The van der Waals surface area contributed by atoms with Crippen LogP contribution in [-0.4, -0.2) is 25.8 Å². The molecule has 6 aromatic rings. The van der Waals surface area contributed by atoms with Gasteiger partial charge in [0, 0.05) is 34.1 Å². The maximum Gasteiger partial charge on any atom is 0.223 e. The first-order chi connectivity index (χ1) is 22.8. The number of rotatable bonds is 11. The van der Waals surface area contributed by atoms with Crippen molar-refractivity contribution in [2.45, 2.75) is 12.6 Å². The number of hydrogen-bond donors (Lipinski definition) is 0. The fourth-order valence-electron chi connectivity index (χ4n) is 5.52.